The van der Waals surface area contributed by atoms with E-state index >= 15 is 0 Å². The van der Waals surface area contributed by atoms with Crippen molar-refractivity contribution in [3.63, 3.8) is 0 Å². The molecule has 0 aromatic carbocycles. The summed E-state index contributed by atoms with van der Waals surface area (Å²) in [7, 11) is 1.87. The first-order chi connectivity index (χ1) is 8.00. The van der Waals surface area contributed by atoms with E-state index in [2.05, 4.69) is 15.5 Å². The predicted octanol–water partition coefficient (Wildman–Crippen LogP) is 1.60. The van der Waals surface area contributed by atoms with Gasteiger partial charge in [-0.3, -0.25) is 0 Å². The first-order valence-corrected chi connectivity index (χ1v) is 6.12. The number of hydrogen-bond acceptors (Lipinski definition) is 5. The van der Waals surface area contributed by atoms with Crippen molar-refractivity contribution < 1.29 is 13.2 Å². The van der Waals surface area contributed by atoms with Gasteiger partial charge in [0.25, 0.3) is 0 Å². The standard InChI is InChI=1S/C9H13F3N4S/c1-13-4-6-2-3-16(5-6)8-15-14-7(17-8)9(10,11)12/h6,13H,2-5H2,1H3. The second-order valence-electron chi connectivity index (χ2n) is 4.05. The van der Waals surface area contributed by atoms with Crippen LogP contribution in [-0.2, 0) is 6.18 Å². The van der Waals surface area contributed by atoms with Gasteiger partial charge in [-0.1, -0.05) is 11.3 Å². The second kappa shape index (κ2) is 4.77. The molecule has 1 aromatic rings. The van der Waals surface area contributed by atoms with E-state index in [1.54, 1.807) is 0 Å². The summed E-state index contributed by atoms with van der Waals surface area (Å²) in [6.07, 6.45) is -3.41. The molecule has 4 nitrogen and oxygen atoms in total. The number of anilines is 1. The van der Waals surface area contributed by atoms with Gasteiger partial charge in [-0.2, -0.15) is 13.2 Å². The zero-order valence-electron chi connectivity index (χ0n) is 9.29. The molecule has 1 fully saturated rings. The summed E-state index contributed by atoms with van der Waals surface area (Å²) < 4.78 is 37.1. The molecule has 2 heterocycles. The van der Waals surface area contributed by atoms with E-state index in [1.165, 1.54) is 0 Å². The van der Waals surface area contributed by atoms with E-state index in [9.17, 15) is 13.2 Å². The largest absolute Gasteiger partial charge is 0.445 e. The summed E-state index contributed by atoms with van der Waals surface area (Å²) in [5.41, 5.74) is 0. The molecule has 1 aliphatic heterocycles. The number of nitrogens with zero attached hydrogens (tertiary/aromatic N) is 3. The number of aromatic nitrogens is 2. The molecule has 8 heteroatoms. The first-order valence-electron chi connectivity index (χ1n) is 5.31. The molecule has 1 atom stereocenters. The van der Waals surface area contributed by atoms with Crippen LogP contribution in [0.2, 0.25) is 0 Å². The van der Waals surface area contributed by atoms with Gasteiger partial charge in [-0.15, -0.1) is 10.2 Å². The molecule has 0 radical (unpaired) electrons. The Labute approximate surface area is 101 Å². The van der Waals surface area contributed by atoms with E-state index < -0.39 is 11.2 Å². The second-order valence-corrected chi connectivity index (χ2v) is 5.00. The average Bonchev–Trinajstić information content (AvgIpc) is 2.82. The van der Waals surface area contributed by atoms with Crippen LogP contribution >= 0.6 is 11.3 Å². The van der Waals surface area contributed by atoms with Crippen LogP contribution in [0.3, 0.4) is 0 Å². The fourth-order valence-corrected chi connectivity index (χ4v) is 2.67. The lowest BCUT2D eigenvalue weighted by Gasteiger charge is -2.13. The van der Waals surface area contributed by atoms with Crippen molar-refractivity contribution in [2.24, 2.45) is 5.92 Å². The van der Waals surface area contributed by atoms with Crippen LogP contribution < -0.4 is 10.2 Å². The zero-order chi connectivity index (χ0) is 12.5. The summed E-state index contributed by atoms with van der Waals surface area (Å²) in [6, 6.07) is 0. The Hall–Kier alpha value is -0.890. The lowest BCUT2D eigenvalue weighted by Crippen LogP contribution is -2.24. The fourth-order valence-electron chi connectivity index (χ4n) is 1.92. The van der Waals surface area contributed by atoms with Gasteiger partial charge in [0.2, 0.25) is 10.1 Å². The number of hydrogen-bond donors (Lipinski definition) is 1. The van der Waals surface area contributed by atoms with E-state index in [-0.39, 0.29) is 0 Å². The molecule has 1 N–H and O–H groups in total. The van der Waals surface area contributed by atoms with Crippen LogP contribution in [0.5, 0.6) is 0 Å². The van der Waals surface area contributed by atoms with Gasteiger partial charge in [-0.25, -0.2) is 0 Å². The van der Waals surface area contributed by atoms with Crippen molar-refractivity contribution in [3.05, 3.63) is 5.01 Å². The molecule has 17 heavy (non-hydrogen) atoms. The lowest BCUT2D eigenvalue weighted by molar-refractivity contribution is -0.138. The van der Waals surface area contributed by atoms with Crippen LogP contribution in [0, 0.1) is 5.92 Å². The van der Waals surface area contributed by atoms with Crippen molar-refractivity contribution in [3.8, 4) is 0 Å². The third kappa shape index (κ3) is 2.86. The van der Waals surface area contributed by atoms with Crippen LogP contribution in [0.1, 0.15) is 11.4 Å². The summed E-state index contributed by atoms with van der Waals surface area (Å²) in [5.74, 6) is 0.471. The van der Waals surface area contributed by atoms with Gasteiger partial charge in [0, 0.05) is 13.1 Å². The topological polar surface area (TPSA) is 41.0 Å². The predicted molar refractivity (Wildman–Crippen MR) is 59.2 cm³/mol. The van der Waals surface area contributed by atoms with Gasteiger partial charge in [0.1, 0.15) is 0 Å². The third-order valence-electron chi connectivity index (χ3n) is 2.71. The quantitative estimate of drug-likeness (QED) is 0.902. The summed E-state index contributed by atoms with van der Waals surface area (Å²) in [6.45, 7) is 2.37. The number of rotatable bonds is 3. The molecular formula is C9H13F3N4S. The highest BCUT2D eigenvalue weighted by atomic mass is 32.1. The minimum atomic E-state index is -4.39. The fraction of sp³-hybridized carbons (Fsp3) is 0.778. The molecule has 1 aliphatic rings. The van der Waals surface area contributed by atoms with Crippen molar-refractivity contribution in [1.29, 1.82) is 0 Å². The number of nitrogens with one attached hydrogen (secondary N) is 1. The highest BCUT2D eigenvalue weighted by Crippen LogP contribution is 2.35. The third-order valence-corrected chi connectivity index (χ3v) is 3.73. The molecule has 0 amide bonds. The summed E-state index contributed by atoms with van der Waals surface area (Å²) >= 11 is 0.616. The van der Waals surface area contributed by atoms with E-state index in [0.717, 1.165) is 26.1 Å². The minimum Gasteiger partial charge on any atom is -0.346 e. The Morgan fingerprint density at radius 1 is 1.47 bits per heavy atom. The summed E-state index contributed by atoms with van der Waals surface area (Å²) in [5, 5.41) is 9.37. The maximum absolute atomic E-state index is 12.4. The summed E-state index contributed by atoms with van der Waals surface area (Å²) in [4.78, 5) is 1.87. The van der Waals surface area contributed by atoms with Crippen molar-refractivity contribution in [2.45, 2.75) is 12.6 Å². The zero-order valence-corrected chi connectivity index (χ0v) is 10.1. The molecule has 1 saturated heterocycles. The van der Waals surface area contributed by atoms with Crippen LogP contribution in [0.4, 0.5) is 18.3 Å². The van der Waals surface area contributed by atoms with Crippen molar-refractivity contribution in [1.82, 2.24) is 15.5 Å². The molecular weight excluding hydrogens is 253 g/mol. The van der Waals surface area contributed by atoms with Gasteiger partial charge in [0.05, 0.1) is 0 Å². The molecule has 0 aliphatic carbocycles. The molecule has 0 spiro atoms. The van der Waals surface area contributed by atoms with Crippen LogP contribution in [0.15, 0.2) is 0 Å². The smallest absolute Gasteiger partial charge is 0.346 e. The number of halogens is 3. The molecule has 2 rings (SSSR count). The van der Waals surface area contributed by atoms with Gasteiger partial charge >= 0.3 is 6.18 Å². The lowest BCUT2D eigenvalue weighted by atomic mass is 10.1. The molecule has 1 unspecified atom stereocenters. The van der Waals surface area contributed by atoms with Gasteiger partial charge in [0.15, 0.2) is 0 Å². The highest BCUT2D eigenvalue weighted by Gasteiger charge is 2.36. The SMILES string of the molecule is CNCC1CCN(c2nnc(C(F)(F)F)s2)C1. The Morgan fingerprint density at radius 2 is 2.24 bits per heavy atom. The Bertz CT molecular complexity index is 379. The molecule has 0 saturated carbocycles. The molecule has 0 bridgehead atoms. The van der Waals surface area contributed by atoms with Crippen molar-refractivity contribution >= 4 is 16.5 Å². The van der Waals surface area contributed by atoms with Crippen LogP contribution in [-0.4, -0.2) is 36.9 Å². The van der Waals surface area contributed by atoms with Gasteiger partial charge in [-0.05, 0) is 25.9 Å². The average molecular weight is 266 g/mol. The molecule has 1 aromatic heterocycles. The highest BCUT2D eigenvalue weighted by molar-refractivity contribution is 7.15. The maximum atomic E-state index is 12.4. The maximum Gasteiger partial charge on any atom is 0.445 e. The Balaban J connectivity index is 2.02. The van der Waals surface area contributed by atoms with Gasteiger partial charge < -0.3 is 10.2 Å². The van der Waals surface area contributed by atoms with Crippen LogP contribution in [0.25, 0.3) is 0 Å². The monoisotopic (exact) mass is 266 g/mol. The Morgan fingerprint density at radius 3 is 2.82 bits per heavy atom. The van der Waals surface area contributed by atoms with E-state index in [4.69, 9.17) is 0 Å². The first kappa shape index (κ1) is 12.6. The van der Waals surface area contributed by atoms with E-state index in [1.807, 2.05) is 11.9 Å². The van der Waals surface area contributed by atoms with E-state index in [0.29, 0.717) is 22.4 Å². The van der Waals surface area contributed by atoms with Crippen molar-refractivity contribution in [2.75, 3.05) is 31.6 Å². The number of alkyl halides is 3. The Kier molecular flexibility index (Phi) is 3.53. The minimum absolute atomic E-state index is 0.371. The normalized spacial score (nSPS) is 21.2. The molecule has 96 valence electrons.